The van der Waals surface area contributed by atoms with Gasteiger partial charge in [-0.25, -0.2) is 0 Å². The molecule has 1 fully saturated rings. The fourth-order valence-electron chi connectivity index (χ4n) is 4.64. The lowest BCUT2D eigenvalue weighted by Crippen LogP contribution is -2.29. The molecule has 0 saturated carbocycles. The fraction of sp³-hybridized carbons (Fsp3) is 0.312. The molecule has 1 heterocycles. The maximum Gasteiger partial charge on any atom is 0.300 e. The van der Waals surface area contributed by atoms with Gasteiger partial charge in [0.15, 0.2) is 0 Å². The number of hydrogen-bond donors (Lipinski definition) is 1. The van der Waals surface area contributed by atoms with Gasteiger partial charge in [0.25, 0.3) is 11.7 Å². The molecule has 38 heavy (non-hydrogen) atoms. The van der Waals surface area contributed by atoms with E-state index in [1.165, 1.54) is 4.90 Å². The van der Waals surface area contributed by atoms with Crippen LogP contribution in [0.1, 0.15) is 57.4 Å². The number of ketones is 1. The molecule has 0 aliphatic carbocycles. The molecule has 0 radical (unpaired) electrons. The zero-order valence-corrected chi connectivity index (χ0v) is 23.1. The molecule has 198 valence electrons. The van der Waals surface area contributed by atoms with Crippen molar-refractivity contribution < 1.29 is 19.4 Å². The van der Waals surface area contributed by atoms with Crippen molar-refractivity contribution in [1.29, 1.82) is 0 Å². The number of rotatable bonds is 6. The molecule has 1 aliphatic rings. The van der Waals surface area contributed by atoms with Crippen LogP contribution in [-0.4, -0.2) is 37.0 Å². The zero-order chi connectivity index (χ0) is 27.8. The van der Waals surface area contributed by atoms with Gasteiger partial charge in [-0.1, -0.05) is 57.2 Å². The van der Waals surface area contributed by atoms with Gasteiger partial charge in [-0.05, 0) is 66.8 Å². The van der Waals surface area contributed by atoms with Gasteiger partial charge in [0.2, 0.25) is 0 Å². The number of nitrogens with zero attached hydrogens (tertiary/aromatic N) is 2. The summed E-state index contributed by atoms with van der Waals surface area (Å²) in [5.74, 6) is -1.05. The first-order valence-electron chi connectivity index (χ1n) is 12.8. The van der Waals surface area contributed by atoms with Gasteiger partial charge in [0, 0.05) is 31.0 Å². The van der Waals surface area contributed by atoms with E-state index in [-0.39, 0.29) is 22.9 Å². The maximum atomic E-state index is 13.5. The van der Waals surface area contributed by atoms with E-state index in [1.807, 2.05) is 81.4 Å². The Bertz CT molecular complexity index is 1360. The summed E-state index contributed by atoms with van der Waals surface area (Å²) in [7, 11) is 3.90. The van der Waals surface area contributed by atoms with Crippen molar-refractivity contribution in [2.45, 2.75) is 52.2 Å². The molecule has 1 aliphatic heterocycles. The van der Waals surface area contributed by atoms with Crippen molar-refractivity contribution in [3.05, 3.63) is 95.1 Å². The molecule has 0 bridgehead atoms. The van der Waals surface area contributed by atoms with Crippen LogP contribution in [0.5, 0.6) is 5.75 Å². The molecule has 6 nitrogen and oxygen atoms in total. The molecule has 6 heteroatoms. The van der Waals surface area contributed by atoms with Gasteiger partial charge in [-0.15, -0.1) is 0 Å². The number of Topliss-reactive ketones (excluding diaryl/α,β-unsaturated/α-hetero) is 1. The highest BCUT2D eigenvalue weighted by molar-refractivity contribution is 6.51. The number of aliphatic hydroxyl groups is 1. The Hall–Kier alpha value is -4.06. The minimum atomic E-state index is -0.790. The number of anilines is 2. The summed E-state index contributed by atoms with van der Waals surface area (Å²) in [5.41, 5.74) is 3.83. The number of carbonyl (C=O) groups is 2. The number of aliphatic hydroxyl groups excluding tert-OH is 1. The lowest BCUT2D eigenvalue weighted by atomic mass is 9.87. The van der Waals surface area contributed by atoms with Crippen LogP contribution in [0.2, 0.25) is 0 Å². The first-order chi connectivity index (χ1) is 17.9. The summed E-state index contributed by atoms with van der Waals surface area (Å²) in [5, 5.41) is 11.5. The zero-order valence-electron chi connectivity index (χ0n) is 23.1. The van der Waals surface area contributed by atoms with Crippen LogP contribution in [0, 0.1) is 0 Å². The second kappa shape index (κ2) is 10.4. The second-order valence-electron chi connectivity index (χ2n) is 11.1. The molecule has 0 spiro atoms. The standard InChI is InChI=1S/C32H36N2O4/c1-20(2)38-26-10-8-9-22(19-26)29(35)27-28(21-11-15-24(16-12-21)33(6)7)34(31(37)30(27)36)25-17-13-23(14-18-25)32(3,4)5/h8-20,28,35H,1-7H3/b29-27+. The van der Waals surface area contributed by atoms with Crippen LogP contribution in [0.4, 0.5) is 11.4 Å². The third-order valence-corrected chi connectivity index (χ3v) is 6.66. The summed E-state index contributed by atoms with van der Waals surface area (Å²) >= 11 is 0. The molecule has 1 N–H and O–H groups in total. The van der Waals surface area contributed by atoms with Crippen molar-refractivity contribution in [3.8, 4) is 5.75 Å². The molecule has 3 aromatic carbocycles. The first-order valence-corrected chi connectivity index (χ1v) is 12.8. The van der Waals surface area contributed by atoms with E-state index in [0.717, 1.165) is 16.8 Å². The number of hydrogen-bond acceptors (Lipinski definition) is 5. The van der Waals surface area contributed by atoms with E-state index in [2.05, 4.69) is 20.8 Å². The van der Waals surface area contributed by atoms with Crippen LogP contribution in [0.3, 0.4) is 0 Å². The van der Waals surface area contributed by atoms with Crippen molar-refractivity contribution in [1.82, 2.24) is 0 Å². The molecular weight excluding hydrogens is 476 g/mol. The highest BCUT2D eigenvalue weighted by Gasteiger charge is 2.47. The Morgan fingerprint density at radius 2 is 1.58 bits per heavy atom. The van der Waals surface area contributed by atoms with Crippen molar-refractivity contribution in [2.75, 3.05) is 23.9 Å². The summed E-state index contributed by atoms with van der Waals surface area (Å²) in [4.78, 5) is 30.5. The normalized spacial score (nSPS) is 17.3. The molecule has 1 atom stereocenters. The molecule has 4 rings (SSSR count). The molecule has 1 saturated heterocycles. The SMILES string of the molecule is CC(C)Oc1cccc(/C(O)=C2\C(=O)C(=O)N(c3ccc(C(C)(C)C)cc3)C2c2ccc(N(C)C)cc2)c1. The second-order valence-corrected chi connectivity index (χ2v) is 11.1. The lowest BCUT2D eigenvalue weighted by Gasteiger charge is -2.27. The highest BCUT2D eigenvalue weighted by Crippen LogP contribution is 2.43. The Morgan fingerprint density at radius 1 is 0.947 bits per heavy atom. The van der Waals surface area contributed by atoms with E-state index < -0.39 is 17.7 Å². The Kier molecular flexibility index (Phi) is 7.36. The van der Waals surface area contributed by atoms with Crippen LogP contribution in [0.15, 0.2) is 78.4 Å². The van der Waals surface area contributed by atoms with Gasteiger partial charge in [0.1, 0.15) is 11.5 Å². The summed E-state index contributed by atoms with van der Waals surface area (Å²) in [6.45, 7) is 10.2. The van der Waals surface area contributed by atoms with Gasteiger partial charge >= 0.3 is 0 Å². The smallest absolute Gasteiger partial charge is 0.300 e. The van der Waals surface area contributed by atoms with Gasteiger partial charge < -0.3 is 14.7 Å². The third-order valence-electron chi connectivity index (χ3n) is 6.66. The number of amides is 1. The van der Waals surface area contributed by atoms with Gasteiger partial charge in [0.05, 0.1) is 17.7 Å². The van der Waals surface area contributed by atoms with Crippen LogP contribution in [0.25, 0.3) is 5.76 Å². The van der Waals surface area contributed by atoms with E-state index in [1.54, 1.807) is 24.3 Å². The molecule has 1 unspecified atom stereocenters. The maximum absolute atomic E-state index is 13.5. The quantitative estimate of drug-likeness (QED) is 0.233. The van der Waals surface area contributed by atoms with E-state index in [4.69, 9.17) is 4.74 Å². The molecule has 0 aromatic heterocycles. The largest absolute Gasteiger partial charge is 0.507 e. The minimum absolute atomic E-state index is 0.0502. The molecule has 1 amide bonds. The Balaban J connectivity index is 1.88. The van der Waals surface area contributed by atoms with Gasteiger partial charge in [-0.2, -0.15) is 0 Å². The van der Waals surface area contributed by atoms with E-state index in [9.17, 15) is 14.7 Å². The van der Waals surface area contributed by atoms with Gasteiger partial charge in [-0.3, -0.25) is 14.5 Å². The van der Waals surface area contributed by atoms with Crippen molar-refractivity contribution in [3.63, 3.8) is 0 Å². The molecule has 3 aromatic rings. The van der Waals surface area contributed by atoms with Crippen molar-refractivity contribution in [2.24, 2.45) is 0 Å². The van der Waals surface area contributed by atoms with E-state index >= 15 is 0 Å². The predicted octanol–water partition coefficient (Wildman–Crippen LogP) is 6.46. The topological polar surface area (TPSA) is 70.1 Å². The summed E-state index contributed by atoms with van der Waals surface area (Å²) < 4.78 is 5.79. The number of carbonyl (C=O) groups excluding carboxylic acids is 2. The van der Waals surface area contributed by atoms with Crippen LogP contribution >= 0.6 is 0 Å². The summed E-state index contributed by atoms with van der Waals surface area (Å²) in [6.07, 6.45) is -0.0516. The third kappa shape index (κ3) is 5.30. The average molecular weight is 513 g/mol. The Labute approximate surface area is 225 Å². The first kappa shape index (κ1) is 27.0. The monoisotopic (exact) mass is 512 g/mol. The number of benzene rings is 3. The minimum Gasteiger partial charge on any atom is -0.507 e. The fourth-order valence-corrected chi connectivity index (χ4v) is 4.64. The number of ether oxygens (including phenoxy) is 1. The highest BCUT2D eigenvalue weighted by atomic mass is 16.5. The Morgan fingerprint density at radius 3 is 2.13 bits per heavy atom. The lowest BCUT2D eigenvalue weighted by molar-refractivity contribution is -0.132. The van der Waals surface area contributed by atoms with Crippen molar-refractivity contribution >= 4 is 28.8 Å². The van der Waals surface area contributed by atoms with Crippen LogP contribution < -0.4 is 14.5 Å². The summed E-state index contributed by atoms with van der Waals surface area (Å²) in [6, 6.07) is 21.5. The molecular formula is C32H36N2O4. The van der Waals surface area contributed by atoms with Crippen LogP contribution in [-0.2, 0) is 15.0 Å². The predicted molar refractivity (Wildman–Crippen MR) is 153 cm³/mol. The average Bonchev–Trinajstić information content (AvgIpc) is 3.13. The van der Waals surface area contributed by atoms with E-state index in [0.29, 0.717) is 17.0 Å².